The molecule has 2 atom stereocenters. The highest BCUT2D eigenvalue weighted by Gasteiger charge is 2.18. The van der Waals surface area contributed by atoms with Crippen LogP contribution in [0.4, 0.5) is 0 Å². The van der Waals surface area contributed by atoms with E-state index in [0.29, 0.717) is 11.6 Å². The SMILES string of the molecule is CCOC(=O)[C@@H](C#N)C=NC[C@@H](c1ccccc1Cl)N(C)C. The molecule has 118 valence electrons. The quantitative estimate of drug-likeness (QED) is 0.572. The number of hydrogen-bond acceptors (Lipinski definition) is 5. The van der Waals surface area contributed by atoms with E-state index in [1.54, 1.807) is 6.92 Å². The third-order valence-corrected chi connectivity index (χ3v) is 3.44. The van der Waals surface area contributed by atoms with Gasteiger partial charge in [-0.25, -0.2) is 0 Å². The van der Waals surface area contributed by atoms with Gasteiger partial charge in [-0.1, -0.05) is 29.8 Å². The lowest BCUT2D eigenvalue weighted by Gasteiger charge is -2.24. The molecule has 0 bridgehead atoms. The Kier molecular flexibility index (Phi) is 7.58. The van der Waals surface area contributed by atoms with Gasteiger partial charge in [0.1, 0.15) is 0 Å². The number of nitrogens with zero attached hydrogens (tertiary/aromatic N) is 3. The van der Waals surface area contributed by atoms with Crippen LogP contribution < -0.4 is 0 Å². The molecule has 6 heteroatoms. The van der Waals surface area contributed by atoms with Crippen LogP contribution >= 0.6 is 11.6 Å². The van der Waals surface area contributed by atoms with Gasteiger partial charge in [-0.05, 0) is 32.6 Å². The summed E-state index contributed by atoms with van der Waals surface area (Å²) < 4.78 is 4.82. The first-order chi connectivity index (χ1) is 10.5. The minimum atomic E-state index is -0.978. The number of carbonyl (C=O) groups excluding carboxylic acids is 1. The Morgan fingerprint density at radius 3 is 2.73 bits per heavy atom. The summed E-state index contributed by atoms with van der Waals surface area (Å²) in [5.41, 5.74) is 0.955. The maximum absolute atomic E-state index is 11.5. The number of benzene rings is 1. The smallest absolute Gasteiger partial charge is 0.328 e. The first kappa shape index (κ1) is 18.1. The Morgan fingerprint density at radius 1 is 1.50 bits per heavy atom. The Morgan fingerprint density at radius 2 is 2.18 bits per heavy atom. The van der Waals surface area contributed by atoms with Crippen molar-refractivity contribution < 1.29 is 9.53 Å². The monoisotopic (exact) mass is 321 g/mol. The first-order valence-corrected chi connectivity index (χ1v) is 7.36. The van der Waals surface area contributed by atoms with E-state index in [4.69, 9.17) is 21.6 Å². The molecule has 22 heavy (non-hydrogen) atoms. The number of halogens is 1. The number of nitriles is 1. The predicted molar refractivity (Wildman–Crippen MR) is 87.0 cm³/mol. The number of carbonyl (C=O) groups is 1. The van der Waals surface area contributed by atoms with Crippen LogP contribution in [0.5, 0.6) is 0 Å². The second-order valence-corrected chi connectivity index (χ2v) is 5.28. The van der Waals surface area contributed by atoms with Gasteiger partial charge in [0.05, 0.1) is 25.3 Å². The number of rotatable bonds is 7. The highest BCUT2D eigenvalue weighted by atomic mass is 35.5. The van der Waals surface area contributed by atoms with Crippen molar-refractivity contribution in [1.29, 1.82) is 5.26 Å². The number of aliphatic imine (C=N–C) groups is 1. The number of likely N-dealkylation sites (N-methyl/N-ethyl adjacent to an activating group) is 1. The van der Waals surface area contributed by atoms with E-state index < -0.39 is 11.9 Å². The fourth-order valence-corrected chi connectivity index (χ4v) is 2.19. The van der Waals surface area contributed by atoms with Crippen molar-refractivity contribution in [2.45, 2.75) is 13.0 Å². The summed E-state index contributed by atoms with van der Waals surface area (Å²) in [5, 5.41) is 9.65. The van der Waals surface area contributed by atoms with Crippen LogP contribution in [-0.4, -0.2) is 44.3 Å². The van der Waals surface area contributed by atoms with Gasteiger partial charge < -0.3 is 9.64 Å². The van der Waals surface area contributed by atoms with E-state index in [9.17, 15) is 4.79 Å². The highest BCUT2D eigenvalue weighted by molar-refractivity contribution is 6.31. The summed E-state index contributed by atoms with van der Waals surface area (Å²) in [6, 6.07) is 9.39. The Bertz CT molecular complexity index is 567. The second-order valence-electron chi connectivity index (χ2n) is 4.87. The van der Waals surface area contributed by atoms with Crippen LogP contribution in [0.25, 0.3) is 0 Å². The van der Waals surface area contributed by atoms with Crippen molar-refractivity contribution >= 4 is 23.8 Å². The predicted octanol–water partition coefficient (Wildman–Crippen LogP) is 2.72. The lowest BCUT2D eigenvalue weighted by atomic mass is 10.1. The van der Waals surface area contributed by atoms with E-state index in [-0.39, 0.29) is 12.6 Å². The fraction of sp³-hybridized carbons (Fsp3) is 0.438. The highest BCUT2D eigenvalue weighted by Crippen LogP contribution is 2.26. The molecule has 0 saturated carbocycles. The molecule has 0 aromatic heterocycles. The summed E-state index contributed by atoms with van der Waals surface area (Å²) in [7, 11) is 3.85. The molecule has 1 rings (SSSR count). The molecule has 0 radical (unpaired) electrons. The first-order valence-electron chi connectivity index (χ1n) is 6.98. The fourth-order valence-electron chi connectivity index (χ4n) is 1.93. The molecule has 0 aliphatic carbocycles. The van der Waals surface area contributed by atoms with Gasteiger partial charge >= 0.3 is 5.97 Å². The normalized spacial score (nSPS) is 13.8. The molecule has 0 aliphatic heterocycles. The molecule has 0 N–H and O–H groups in total. The number of esters is 1. The Balaban J connectivity index is 2.81. The zero-order valence-electron chi connectivity index (χ0n) is 13.0. The molecule has 0 saturated heterocycles. The van der Waals surface area contributed by atoms with Crippen LogP contribution in [0.2, 0.25) is 5.02 Å². The number of hydrogen-bond donors (Lipinski definition) is 0. The van der Waals surface area contributed by atoms with Gasteiger partial charge in [0.25, 0.3) is 0 Å². The van der Waals surface area contributed by atoms with Crippen molar-refractivity contribution in [2.75, 3.05) is 27.2 Å². The average molecular weight is 322 g/mol. The van der Waals surface area contributed by atoms with Gasteiger partial charge in [0, 0.05) is 11.2 Å². The van der Waals surface area contributed by atoms with E-state index in [2.05, 4.69) is 4.99 Å². The summed E-state index contributed by atoms with van der Waals surface area (Å²) >= 11 is 6.22. The minimum Gasteiger partial charge on any atom is -0.465 e. The summed E-state index contributed by atoms with van der Waals surface area (Å²) in [6.07, 6.45) is 1.34. The van der Waals surface area contributed by atoms with Crippen molar-refractivity contribution in [3.05, 3.63) is 34.9 Å². The van der Waals surface area contributed by atoms with Crippen LogP contribution in [-0.2, 0) is 9.53 Å². The Hall–Kier alpha value is -1.90. The molecule has 0 amide bonds. The third-order valence-electron chi connectivity index (χ3n) is 3.10. The van der Waals surface area contributed by atoms with Crippen molar-refractivity contribution in [3.8, 4) is 6.07 Å². The van der Waals surface area contributed by atoms with Gasteiger partial charge in [-0.3, -0.25) is 9.79 Å². The van der Waals surface area contributed by atoms with E-state index in [0.717, 1.165) is 5.56 Å². The van der Waals surface area contributed by atoms with Crippen molar-refractivity contribution in [3.63, 3.8) is 0 Å². The maximum atomic E-state index is 11.5. The standard InChI is InChI=1S/C16H20ClN3O2/c1-4-22-16(21)12(9-18)10-19-11-15(20(2)3)13-7-5-6-8-14(13)17/h5-8,10,12,15H,4,11H2,1-3H3/t12-,15-/m0/s1. The molecule has 1 aromatic rings. The minimum absolute atomic E-state index is 0.0357. The van der Waals surface area contributed by atoms with Crippen molar-refractivity contribution in [1.82, 2.24) is 4.90 Å². The van der Waals surface area contributed by atoms with Crippen LogP contribution in [0.3, 0.4) is 0 Å². The molecule has 0 heterocycles. The van der Waals surface area contributed by atoms with Gasteiger partial charge in [-0.2, -0.15) is 5.26 Å². The molecule has 5 nitrogen and oxygen atoms in total. The summed E-state index contributed by atoms with van der Waals surface area (Å²) in [6.45, 7) is 2.34. The van der Waals surface area contributed by atoms with E-state index in [1.165, 1.54) is 6.21 Å². The molecule has 0 fully saturated rings. The van der Waals surface area contributed by atoms with Gasteiger partial charge in [0.2, 0.25) is 0 Å². The zero-order valence-corrected chi connectivity index (χ0v) is 13.7. The molecule has 1 aromatic carbocycles. The van der Waals surface area contributed by atoms with Gasteiger partial charge in [0.15, 0.2) is 5.92 Å². The van der Waals surface area contributed by atoms with E-state index >= 15 is 0 Å². The topological polar surface area (TPSA) is 65.7 Å². The summed E-state index contributed by atoms with van der Waals surface area (Å²) in [4.78, 5) is 17.8. The molecule has 0 unspecified atom stereocenters. The second kappa shape index (κ2) is 9.19. The van der Waals surface area contributed by atoms with E-state index in [1.807, 2.05) is 49.3 Å². The molecular weight excluding hydrogens is 302 g/mol. The number of ether oxygens (including phenoxy) is 1. The lowest BCUT2D eigenvalue weighted by Crippen LogP contribution is -2.23. The van der Waals surface area contributed by atoms with Crippen LogP contribution in [0.15, 0.2) is 29.3 Å². The maximum Gasteiger partial charge on any atom is 0.328 e. The zero-order chi connectivity index (χ0) is 16.5. The van der Waals surface area contributed by atoms with Gasteiger partial charge in [-0.15, -0.1) is 0 Å². The lowest BCUT2D eigenvalue weighted by molar-refractivity contribution is -0.143. The Labute approximate surface area is 136 Å². The van der Waals surface area contributed by atoms with Crippen LogP contribution in [0, 0.1) is 17.2 Å². The van der Waals surface area contributed by atoms with Crippen LogP contribution in [0.1, 0.15) is 18.5 Å². The third kappa shape index (κ3) is 5.14. The largest absolute Gasteiger partial charge is 0.465 e. The summed E-state index contributed by atoms with van der Waals surface area (Å²) in [5.74, 6) is -1.55. The molecule has 0 spiro atoms. The average Bonchev–Trinajstić information content (AvgIpc) is 2.48. The van der Waals surface area contributed by atoms with Crippen molar-refractivity contribution in [2.24, 2.45) is 10.9 Å². The molecular formula is C16H20ClN3O2. The molecule has 0 aliphatic rings.